The van der Waals surface area contributed by atoms with Crippen molar-refractivity contribution in [1.29, 1.82) is 0 Å². The standard InChI is InChI=1S/C14H16BrNO3/c1-9(17)16-14(8-13(18)19-2)6-10-3-4-12(15)5-11(10)7-14/h3-5H,6-8H2,1-2H3,(H,16,17). The van der Waals surface area contributed by atoms with Crippen LogP contribution >= 0.6 is 15.9 Å². The molecule has 1 unspecified atom stereocenters. The molecule has 0 radical (unpaired) electrons. The lowest BCUT2D eigenvalue weighted by molar-refractivity contribution is -0.142. The van der Waals surface area contributed by atoms with Crippen LogP contribution < -0.4 is 5.32 Å². The fraction of sp³-hybridized carbons (Fsp3) is 0.429. The molecule has 1 N–H and O–H groups in total. The topological polar surface area (TPSA) is 55.4 Å². The number of methoxy groups -OCH3 is 1. The highest BCUT2D eigenvalue weighted by Gasteiger charge is 2.40. The van der Waals surface area contributed by atoms with Crippen molar-refractivity contribution < 1.29 is 14.3 Å². The maximum atomic E-state index is 11.6. The maximum Gasteiger partial charge on any atom is 0.307 e. The van der Waals surface area contributed by atoms with E-state index in [0.717, 1.165) is 10.0 Å². The molecular weight excluding hydrogens is 310 g/mol. The Morgan fingerprint density at radius 3 is 2.68 bits per heavy atom. The summed E-state index contributed by atoms with van der Waals surface area (Å²) in [5.41, 5.74) is 1.77. The maximum absolute atomic E-state index is 11.6. The van der Waals surface area contributed by atoms with Gasteiger partial charge in [0.2, 0.25) is 5.91 Å². The molecule has 1 aromatic carbocycles. The van der Waals surface area contributed by atoms with Crippen LogP contribution in [0.2, 0.25) is 0 Å². The smallest absolute Gasteiger partial charge is 0.307 e. The first kappa shape index (κ1) is 14.1. The van der Waals surface area contributed by atoms with Gasteiger partial charge in [0.25, 0.3) is 0 Å². The van der Waals surface area contributed by atoms with Crippen molar-refractivity contribution in [3.05, 3.63) is 33.8 Å². The summed E-state index contributed by atoms with van der Waals surface area (Å²) in [4.78, 5) is 23.0. The number of carbonyl (C=O) groups is 2. The molecule has 102 valence electrons. The number of hydrogen-bond donors (Lipinski definition) is 1. The van der Waals surface area contributed by atoms with Gasteiger partial charge in [-0.05, 0) is 36.1 Å². The Bertz CT molecular complexity index is 529. The van der Waals surface area contributed by atoms with Crippen molar-refractivity contribution in [2.45, 2.75) is 31.7 Å². The summed E-state index contributed by atoms with van der Waals surface area (Å²) in [6, 6.07) is 6.04. The van der Waals surface area contributed by atoms with Gasteiger partial charge >= 0.3 is 5.97 Å². The molecule has 0 heterocycles. The number of esters is 1. The largest absolute Gasteiger partial charge is 0.469 e. The molecule has 1 amide bonds. The van der Waals surface area contributed by atoms with Gasteiger partial charge in [0.1, 0.15) is 0 Å². The Kier molecular flexibility index (Phi) is 3.94. The predicted octanol–water partition coefficient (Wildman–Crippen LogP) is 1.99. The molecule has 0 spiro atoms. The zero-order valence-corrected chi connectivity index (χ0v) is 12.5. The molecule has 19 heavy (non-hydrogen) atoms. The second kappa shape index (κ2) is 5.33. The van der Waals surface area contributed by atoms with E-state index in [1.54, 1.807) is 0 Å². The first-order valence-corrected chi connectivity index (χ1v) is 6.86. The van der Waals surface area contributed by atoms with Crippen molar-refractivity contribution in [1.82, 2.24) is 5.32 Å². The number of halogens is 1. The predicted molar refractivity (Wildman–Crippen MR) is 74.7 cm³/mol. The number of ether oxygens (including phenoxy) is 1. The number of nitrogens with one attached hydrogen (secondary N) is 1. The van der Waals surface area contributed by atoms with E-state index >= 15 is 0 Å². The second-order valence-corrected chi connectivity index (χ2v) is 5.90. The number of rotatable bonds is 3. The molecule has 1 aromatic rings. The molecular formula is C14H16BrNO3. The number of hydrogen-bond acceptors (Lipinski definition) is 3. The highest BCUT2D eigenvalue weighted by molar-refractivity contribution is 9.10. The summed E-state index contributed by atoms with van der Waals surface area (Å²) >= 11 is 3.44. The van der Waals surface area contributed by atoms with Gasteiger partial charge < -0.3 is 10.1 Å². The molecule has 0 aromatic heterocycles. The van der Waals surface area contributed by atoms with E-state index in [9.17, 15) is 9.59 Å². The van der Waals surface area contributed by atoms with E-state index in [1.807, 2.05) is 18.2 Å². The highest BCUT2D eigenvalue weighted by Crippen LogP contribution is 2.34. The summed E-state index contributed by atoms with van der Waals surface area (Å²) in [7, 11) is 1.36. The normalized spacial score (nSPS) is 20.8. The molecule has 0 saturated heterocycles. The number of carbonyl (C=O) groups excluding carboxylic acids is 2. The van der Waals surface area contributed by atoms with Gasteiger partial charge in [-0.3, -0.25) is 9.59 Å². The van der Waals surface area contributed by atoms with Crippen LogP contribution in [-0.4, -0.2) is 24.5 Å². The van der Waals surface area contributed by atoms with E-state index in [2.05, 4.69) is 21.2 Å². The average molecular weight is 326 g/mol. The third-order valence-electron chi connectivity index (χ3n) is 3.38. The molecule has 1 atom stereocenters. The Balaban J connectivity index is 2.28. The minimum absolute atomic E-state index is 0.129. The first-order valence-electron chi connectivity index (χ1n) is 6.07. The van der Waals surface area contributed by atoms with Gasteiger partial charge in [0.15, 0.2) is 0 Å². The summed E-state index contributed by atoms with van der Waals surface area (Å²) in [5.74, 6) is -0.434. The fourth-order valence-corrected chi connectivity index (χ4v) is 3.11. The number of fused-ring (bicyclic) bond motifs is 1. The Labute approximate surface area is 120 Å². The third kappa shape index (κ3) is 3.15. The number of benzene rings is 1. The van der Waals surface area contributed by atoms with Crippen LogP contribution in [0.5, 0.6) is 0 Å². The van der Waals surface area contributed by atoms with E-state index in [-0.39, 0.29) is 18.3 Å². The molecule has 1 aliphatic carbocycles. The molecule has 5 heteroatoms. The van der Waals surface area contributed by atoms with Crippen LogP contribution in [0.1, 0.15) is 24.5 Å². The minimum Gasteiger partial charge on any atom is -0.469 e. The average Bonchev–Trinajstić information content (AvgIpc) is 2.64. The van der Waals surface area contributed by atoms with Crippen LogP contribution in [-0.2, 0) is 27.2 Å². The van der Waals surface area contributed by atoms with Crippen molar-refractivity contribution in [3.8, 4) is 0 Å². The van der Waals surface area contributed by atoms with E-state index < -0.39 is 5.54 Å². The monoisotopic (exact) mass is 325 g/mol. The summed E-state index contributed by atoms with van der Waals surface area (Å²) in [6.07, 6.45) is 1.50. The number of amides is 1. The van der Waals surface area contributed by atoms with Crippen LogP contribution in [0.25, 0.3) is 0 Å². The third-order valence-corrected chi connectivity index (χ3v) is 3.87. The first-order chi connectivity index (χ1) is 8.94. The summed E-state index contributed by atoms with van der Waals surface area (Å²) in [6.45, 7) is 1.47. The molecule has 4 nitrogen and oxygen atoms in total. The lowest BCUT2D eigenvalue weighted by Crippen LogP contribution is -2.50. The Hall–Kier alpha value is -1.36. The van der Waals surface area contributed by atoms with Gasteiger partial charge in [0, 0.05) is 11.4 Å². The minimum atomic E-state index is -0.554. The zero-order valence-electron chi connectivity index (χ0n) is 11.0. The lowest BCUT2D eigenvalue weighted by Gasteiger charge is -2.28. The van der Waals surface area contributed by atoms with Crippen molar-refractivity contribution >= 4 is 27.8 Å². The van der Waals surface area contributed by atoms with Gasteiger partial charge in [-0.15, -0.1) is 0 Å². The van der Waals surface area contributed by atoms with E-state index in [4.69, 9.17) is 4.74 Å². The van der Waals surface area contributed by atoms with Crippen LogP contribution in [0.3, 0.4) is 0 Å². The van der Waals surface area contributed by atoms with Gasteiger partial charge in [-0.2, -0.15) is 0 Å². The molecule has 0 bridgehead atoms. The van der Waals surface area contributed by atoms with Crippen molar-refractivity contribution in [2.75, 3.05) is 7.11 Å². The Morgan fingerprint density at radius 1 is 1.37 bits per heavy atom. The quantitative estimate of drug-likeness (QED) is 0.864. The van der Waals surface area contributed by atoms with Crippen molar-refractivity contribution in [3.63, 3.8) is 0 Å². The Morgan fingerprint density at radius 2 is 2.05 bits per heavy atom. The van der Waals surface area contributed by atoms with Gasteiger partial charge in [-0.1, -0.05) is 22.0 Å². The van der Waals surface area contributed by atoms with Crippen LogP contribution in [0.15, 0.2) is 22.7 Å². The van der Waals surface area contributed by atoms with Gasteiger partial charge in [0.05, 0.1) is 19.1 Å². The highest BCUT2D eigenvalue weighted by atomic mass is 79.9. The van der Waals surface area contributed by atoms with Crippen LogP contribution in [0, 0.1) is 0 Å². The summed E-state index contributed by atoms with van der Waals surface area (Å²) in [5, 5.41) is 2.93. The fourth-order valence-electron chi connectivity index (χ4n) is 2.70. The molecule has 1 aliphatic rings. The summed E-state index contributed by atoms with van der Waals surface area (Å²) < 4.78 is 5.74. The molecule has 0 saturated carbocycles. The molecule has 0 aliphatic heterocycles. The zero-order chi connectivity index (χ0) is 14.0. The second-order valence-electron chi connectivity index (χ2n) is 4.98. The van der Waals surface area contributed by atoms with Crippen LogP contribution in [0.4, 0.5) is 0 Å². The molecule has 0 fully saturated rings. The lowest BCUT2D eigenvalue weighted by atomic mass is 9.91. The van der Waals surface area contributed by atoms with Gasteiger partial charge in [-0.25, -0.2) is 0 Å². The SMILES string of the molecule is COC(=O)CC1(NC(C)=O)Cc2ccc(Br)cc2C1. The molecule has 2 rings (SSSR count). The van der Waals surface area contributed by atoms with E-state index in [1.165, 1.54) is 19.6 Å². The van der Waals surface area contributed by atoms with Crippen molar-refractivity contribution in [2.24, 2.45) is 0 Å². The van der Waals surface area contributed by atoms with E-state index in [0.29, 0.717) is 12.8 Å².